The normalized spacial score (nSPS) is 21.2. The zero-order chi connectivity index (χ0) is 13.3. The number of hydrogen-bond donors (Lipinski definition) is 1. The molecule has 0 bridgehead atoms. The van der Waals surface area contributed by atoms with Gasteiger partial charge in [-0.3, -0.25) is 0 Å². The number of pyridine rings is 1. The van der Waals surface area contributed by atoms with Crippen LogP contribution >= 0.6 is 0 Å². The van der Waals surface area contributed by atoms with Crippen LogP contribution < -0.4 is 10.6 Å². The maximum atomic E-state index is 12.5. The average Bonchev–Trinajstić information content (AvgIpc) is 2.27. The number of aryl methyl sites for hydroxylation is 1. The first-order valence-electron chi connectivity index (χ1n) is 5.92. The van der Waals surface area contributed by atoms with E-state index in [0.717, 1.165) is 31.6 Å². The molecule has 6 heteroatoms. The Hall–Kier alpha value is -1.30. The molecule has 1 aliphatic heterocycles. The van der Waals surface area contributed by atoms with Gasteiger partial charge in [0.15, 0.2) is 0 Å². The maximum Gasteiger partial charge on any atom is 0.417 e. The minimum atomic E-state index is -4.34. The third-order valence-electron chi connectivity index (χ3n) is 3.14. The minimum Gasteiger partial charge on any atom is -0.355 e. The van der Waals surface area contributed by atoms with E-state index in [4.69, 9.17) is 5.73 Å². The largest absolute Gasteiger partial charge is 0.417 e. The molecule has 1 aromatic rings. The molecule has 2 rings (SSSR count). The molecule has 1 atom stereocenters. The van der Waals surface area contributed by atoms with E-state index in [2.05, 4.69) is 4.98 Å². The number of nitrogens with two attached hydrogens (primary N) is 1. The summed E-state index contributed by atoms with van der Waals surface area (Å²) in [5.74, 6) is 0.609. The molecule has 18 heavy (non-hydrogen) atoms. The van der Waals surface area contributed by atoms with Crippen LogP contribution in [0.15, 0.2) is 12.3 Å². The fourth-order valence-corrected chi connectivity index (χ4v) is 2.26. The quantitative estimate of drug-likeness (QED) is 0.841. The van der Waals surface area contributed by atoms with Gasteiger partial charge in [-0.1, -0.05) is 0 Å². The van der Waals surface area contributed by atoms with E-state index < -0.39 is 11.7 Å². The molecular formula is C12H16F3N3. The smallest absolute Gasteiger partial charge is 0.355 e. The Morgan fingerprint density at radius 3 is 2.72 bits per heavy atom. The third kappa shape index (κ3) is 2.75. The van der Waals surface area contributed by atoms with Gasteiger partial charge in [0.1, 0.15) is 5.82 Å². The van der Waals surface area contributed by atoms with Crippen LogP contribution in [0.2, 0.25) is 0 Å². The predicted octanol–water partition coefficient (Wildman–Crippen LogP) is 2.34. The number of aromatic nitrogens is 1. The number of alkyl halides is 3. The second-order valence-corrected chi connectivity index (χ2v) is 4.71. The van der Waals surface area contributed by atoms with Crippen molar-refractivity contribution in [3.05, 3.63) is 23.4 Å². The third-order valence-corrected chi connectivity index (χ3v) is 3.14. The molecule has 2 heterocycles. The Morgan fingerprint density at radius 2 is 2.17 bits per heavy atom. The van der Waals surface area contributed by atoms with Gasteiger partial charge < -0.3 is 10.6 Å². The maximum absolute atomic E-state index is 12.5. The van der Waals surface area contributed by atoms with Gasteiger partial charge in [0.05, 0.1) is 5.56 Å². The van der Waals surface area contributed by atoms with E-state index in [1.54, 1.807) is 6.92 Å². The lowest BCUT2D eigenvalue weighted by Gasteiger charge is -2.32. The second kappa shape index (κ2) is 4.76. The van der Waals surface area contributed by atoms with E-state index in [1.165, 1.54) is 0 Å². The van der Waals surface area contributed by atoms with Gasteiger partial charge >= 0.3 is 6.18 Å². The van der Waals surface area contributed by atoms with Crippen molar-refractivity contribution in [2.24, 2.45) is 5.73 Å². The molecule has 0 spiro atoms. The zero-order valence-electron chi connectivity index (χ0n) is 10.2. The van der Waals surface area contributed by atoms with E-state index in [0.29, 0.717) is 17.9 Å². The molecule has 1 aromatic heterocycles. The van der Waals surface area contributed by atoms with Crippen LogP contribution in [0.5, 0.6) is 0 Å². The van der Waals surface area contributed by atoms with Crippen molar-refractivity contribution in [1.82, 2.24) is 4.98 Å². The topological polar surface area (TPSA) is 42.2 Å². The van der Waals surface area contributed by atoms with E-state index in [1.807, 2.05) is 4.90 Å². The van der Waals surface area contributed by atoms with Crippen molar-refractivity contribution in [2.75, 3.05) is 18.0 Å². The van der Waals surface area contributed by atoms with Crippen molar-refractivity contribution in [1.29, 1.82) is 0 Å². The van der Waals surface area contributed by atoms with E-state index >= 15 is 0 Å². The summed E-state index contributed by atoms with van der Waals surface area (Å²) >= 11 is 0. The molecule has 0 saturated carbocycles. The highest BCUT2D eigenvalue weighted by atomic mass is 19.4. The van der Waals surface area contributed by atoms with Crippen LogP contribution in [0.25, 0.3) is 0 Å². The fraction of sp³-hybridized carbons (Fsp3) is 0.583. The molecule has 1 fully saturated rings. The molecule has 0 radical (unpaired) electrons. The standard InChI is InChI=1S/C12H16F3N3/c1-8-5-9(12(13,14)15)6-17-11(8)18-4-2-3-10(16)7-18/h5-6,10H,2-4,7,16H2,1H3. The van der Waals surface area contributed by atoms with Gasteiger partial charge in [-0.05, 0) is 31.4 Å². The van der Waals surface area contributed by atoms with Crippen LogP contribution in [-0.2, 0) is 6.18 Å². The molecule has 3 nitrogen and oxygen atoms in total. The Kier molecular flexibility index (Phi) is 3.47. The van der Waals surface area contributed by atoms with Crippen LogP contribution in [0.3, 0.4) is 0 Å². The predicted molar refractivity (Wildman–Crippen MR) is 63.4 cm³/mol. The summed E-state index contributed by atoms with van der Waals surface area (Å²) in [4.78, 5) is 5.92. The number of rotatable bonds is 1. The van der Waals surface area contributed by atoms with Crippen LogP contribution in [0.4, 0.5) is 19.0 Å². The summed E-state index contributed by atoms with van der Waals surface area (Å²) in [7, 11) is 0. The highest BCUT2D eigenvalue weighted by molar-refractivity contribution is 5.48. The van der Waals surface area contributed by atoms with Crippen molar-refractivity contribution >= 4 is 5.82 Å². The summed E-state index contributed by atoms with van der Waals surface area (Å²) in [6, 6.07) is 1.21. The lowest BCUT2D eigenvalue weighted by atomic mass is 10.1. The number of anilines is 1. The van der Waals surface area contributed by atoms with Gasteiger partial charge in [-0.15, -0.1) is 0 Å². The first kappa shape index (κ1) is 13.1. The summed E-state index contributed by atoms with van der Waals surface area (Å²) in [5, 5.41) is 0. The van der Waals surface area contributed by atoms with Gasteiger partial charge in [0, 0.05) is 25.3 Å². The molecule has 1 saturated heterocycles. The molecule has 1 aliphatic rings. The Balaban J connectivity index is 2.24. The number of halogens is 3. The lowest BCUT2D eigenvalue weighted by Crippen LogP contribution is -2.43. The van der Waals surface area contributed by atoms with Gasteiger partial charge in [0.2, 0.25) is 0 Å². The highest BCUT2D eigenvalue weighted by Gasteiger charge is 2.32. The second-order valence-electron chi connectivity index (χ2n) is 4.71. The van der Waals surface area contributed by atoms with Crippen molar-refractivity contribution in [2.45, 2.75) is 32.0 Å². The molecule has 100 valence electrons. The Morgan fingerprint density at radius 1 is 1.44 bits per heavy atom. The zero-order valence-corrected chi connectivity index (χ0v) is 10.2. The van der Waals surface area contributed by atoms with Gasteiger partial charge in [0.25, 0.3) is 0 Å². The molecule has 0 aliphatic carbocycles. The van der Waals surface area contributed by atoms with Gasteiger partial charge in [-0.25, -0.2) is 4.98 Å². The van der Waals surface area contributed by atoms with Crippen LogP contribution in [0, 0.1) is 6.92 Å². The van der Waals surface area contributed by atoms with Crippen molar-refractivity contribution in [3.63, 3.8) is 0 Å². The highest BCUT2D eigenvalue weighted by Crippen LogP contribution is 2.31. The van der Waals surface area contributed by atoms with E-state index in [-0.39, 0.29) is 6.04 Å². The minimum absolute atomic E-state index is 0.0715. The summed E-state index contributed by atoms with van der Waals surface area (Å²) < 4.78 is 37.6. The summed E-state index contributed by atoms with van der Waals surface area (Å²) in [6.07, 6.45) is -1.55. The summed E-state index contributed by atoms with van der Waals surface area (Å²) in [5.41, 5.74) is 5.70. The molecular weight excluding hydrogens is 243 g/mol. The Labute approximate surface area is 104 Å². The Bertz CT molecular complexity index is 431. The molecule has 0 amide bonds. The first-order valence-corrected chi connectivity index (χ1v) is 5.92. The molecule has 1 unspecified atom stereocenters. The molecule has 2 N–H and O–H groups in total. The van der Waals surface area contributed by atoms with Crippen molar-refractivity contribution < 1.29 is 13.2 Å². The first-order chi connectivity index (χ1) is 8.38. The SMILES string of the molecule is Cc1cc(C(F)(F)F)cnc1N1CCCC(N)C1. The van der Waals surface area contributed by atoms with Crippen molar-refractivity contribution in [3.8, 4) is 0 Å². The summed E-state index contributed by atoms with van der Waals surface area (Å²) in [6.45, 7) is 3.10. The number of hydrogen-bond acceptors (Lipinski definition) is 3. The van der Waals surface area contributed by atoms with Crippen LogP contribution in [0.1, 0.15) is 24.0 Å². The molecule has 0 aromatic carbocycles. The number of nitrogens with zero attached hydrogens (tertiary/aromatic N) is 2. The fourth-order valence-electron chi connectivity index (χ4n) is 2.26. The number of piperidine rings is 1. The lowest BCUT2D eigenvalue weighted by molar-refractivity contribution is -0.137. The van der Waals surface area contributed by atoms with E-state index in [9.17, 15) is 13.2 Å². The van der Waals surface area contributed by atoms with Gasteiger partial charge in [-0.2, -0.15) is 13.2 Å². The van der Waals surface area contributed by atoms with Crippen LogP contribution in [-0.4, -0.2) is 24.1 Å². The average molecular weight is 259 g/mol. The monoisotopic (exact) mass is 259 g/mol.